The molecule has 2 aromatic rings. The smallest absolute Gasteiger partial charge is 0.339 e. The number of carbonyl (C=O) groups excluding carboxylic acids is 2. The molecule has 0 bridgehead atoms. The van der Waals surface area contributed by atoms with Gasteiger partial charge in [-0.05, 0) is 30.0 Å². The first-order valence-electron chi connectivity index (χ1n) is 8.41. The lowest BCUT2D eigenvalue weighted by Gasteiger charge is -2.23. The summed E-state index contributed by atoms with van der Waals surface area (Å²) in [6, 6.07) is 11.5. The summed E-state index contributed by atoms with van der Waals surface area (Å²) in [5, 5.41) is 13.7. The number of nitrogens with one attached hydrogen (secondary N) is 1. The van der Waals surface area contributed by atoms with Crippen LogP contribution in [-0.2, 0) is 14.9 Å². The number of para-hydroxylation sites is 1. The van der Waals surface area contributed by atoms with Gasteiger partial charge in [0, 0.05) is 17.3 Å². The van der Waals surface area contributed by atoms with Gasteiger partial charge in [0.25, 0.3) is 11.6 Å². The maximum Gasteiger partial charge on any atom is 0.339 e. The molecule has 0 aliphatic rings. The number of hydrogen-bond donors (Lipinski definition) is 1. The van der Waals surface area contributed by atoms with Crippen LogP contribution in [0.3, 0.4) is 0 Å². The van der Waals surface area contributed by atoms with Gasteiger partial charge in [0.05, 0.1) is 10.5 Å². The summed E-state index contributed by atoms with van der Waals surface area (Å²) in [4.78, 5) is 34.8. The second kappa shape index (κ2) is 7.99. The minimum Gasteiger partial charge on any atom is -0.452 e. The van der Waals surface area contributed by atoms with Crippen molar-refractivity contribution >= 4 is 23.3 Å². The van der Waals surface area contributed by atoms with Crippen LogP contribution in [0.15, 0.2) is 42.5 Å². The molecular formula is C20H22N2O5. The number of nitrogens with zero attached hydrogens (tertiary/aromatic N) is 1. The highest BCUT2D eigenvalue weighted by molar-refractivity contribution is 5.97. The third kappa shape index (κ3) is 4.91. The highest BCUT2D eigenvalue weighted by Gasteiger charge is 2.21. The van der Waals surface area contributed by atoms with E-state index in [1.54, 1.807) is 6.07 Å². The van der Waals surface area contributed by atoms with E-state index in [2.05, 4.69) is 5.32 Å². The molecule has 7 nitrogen and oxygen atoms in total. The Balaban J connectivity index is 2.06. The molecule has 142 valence electrons. The highest BCUT2D eigenvalue weighted by atomic mass is 16.6. The molecule has 0 saturated carbocycles. The first kappa shape index (κ1) is 20.1. The van der Waals surface area contributed by atoms with Crippen molar-refractivity contribution in [2.24, 2.45) is 0 Å². The van der Waals surface area contributed by atoms with Crippen LogP contribution in [0.25, 0.3) is 0 Å². The second-order valence-corrected chi connectivity index (χ2v) is 7.13. The quantitative estimate of drug-likeness (QED) is 0.487. The zero-order valence-electron chi connectivity index (χ0n) is 15.7. The molecule has 1 amide bonds. The fourth-order valence-corrected chi connectivity index (χ4v) is 2.68. The van der Waals surface area contributed by atoms with Gasteiger partial charge in [-0.2, -0.15) is 0 Å². The van der Waals surface area contributed by atoms with E-state index < -0.39 is 23.4 Å². The molecule has 0 aliphatic carbocycles. The van der Waals surface area contributed by atoms with E-state index in [-0.39, 0.29) is 22.2 Å². The fraction of sp³-hybridized carbons (Fsp3) is 0.300. The number of nitro benzene ring substituents is 1. The molecule has 0 unspecified atom stereocenters. The summed E-state index contributed by atoms with van der Waals surface area (Å²) in [6.45, 7) is 7.07. The SMILES string of the molecule is Cc1c(C(=O)OCC(=O)Nc2ccccc2C(C)(C)C)cccc1[N+](=O)[O-]. The van der Waals surface area contributed by atoms with Crippen molar-refractivity contribution in [2.75, 3.05) is 11.9 Å². The van der Waals surface area contributed by atoms with E-state index in [0.717, 1.165) is 5.56 Å². The van der Waals surface area contributed by atoms with E-state index in [1.165, 1.54) is 25.1 Å². The summed E-state index contributed by atoms with van der Waals surface area (Å²) in [5.41, 5.74) is 1.53. The van der Waals surface area contributed by atoms with Gasteiger partial charge in [0.2, 0.25) is 0 Å². The van der Waals surface area contributed by atoms with Crippen LogP contribution in [0.4, 0.5) is 11.4 Å². The Bertz CT molecular complexity index is 884. The van der Waals surface area contributed by atoms with Gasteiger partial charge in [0.15, 0.2) is 6.61 Å². The molecule has 27 heavy (non-hydrogen) atoms. The number of hydrogen-bond acceptors (Lipinski definition) is 5. The number of amides is 1. The van der Waals surface area contributed by atoms with Crippen molar-refractivity contribution in [3.05, 3.63) is 69.3 Å². The zero-order valence-corrected chi connectivity index (χ0v) is 15.7. The van der Waals surface area contributed by atoms with Crippen LogP contribution in [0.2, 0.25) is 0 Å². The number of benzene rings is 2. The topological polar surface area (TPSA) is 98.5 Å². The van der Waals surface area contributed by atoms with Crippen LogP contribution in [-0.4, -0.2) is 23.4 Å². The fourth-order valence-electron chi connectivity index (χ4n) is 2.68. The lowest BCUT2D eigenvalue weighted by molar-refractivity contribution is -0.385. The number of carbonyl (C=O) groups is 2. The third-order valence-electron chi connectivity index (χ3n) is 4.07. The Morgan fingerprint density at radius 3 is 2.41 bits per heavy atom. The summed E-state index contributed by atoms with van der Waals surface area (Å²) < 4.78 is 5.03. The van der Waals surface area contributed by atoms with Gasteiger partial charge in [-0.25, -0.2) is 4.79 Å². The zero-order chi connectivity index (χ0) is 20.2. The minimum absolute atomic E-state index is 0.0621. The van der Waals surface area contributed by atoms with Crippen molar-refractivity contribution in [3.8, 4) is 0 Å². The van der Waals surface area contributed by atoms with Crippen LogP contribution in [0.5, 0.6) is 0 Å². The predicted octanol–water partition coefficient (Wildman–Crippen LogP) is 4.00. The summed E-state index contributed by atoms with van der Waals surface area (Å²) >= 11 is 0. The van der Waals surface area contributed by atoms with Gasteiger partial charge in [-0.3, -0.25) is 14.9 Å². The van der Waals surface area contributed by atoms with Crippen molar-refractivity contribution in [2.45, 2.75) is 33.1 Å². The van der Waals surface area contributed by atoms with Gasteiger partial charge in [-0.15, -0.1) is 0 Å². The summed E-state index contributed by atoms with van der Waals surface area (Å²) in [5.74, 6) is -1.27. The van der Waals surface area contributed by atoms with Crippen molar-refractivity contribution in [1.29, 1.82) is 0 Å². The molecule has 2 aromatic carbocycles. The van der Waals surface area contributed by atoms with E-state index in [4.69, 9.17) is 4.74 Å². The second-order valence-electron chi connectivity index (χ2n) is 7.13. The molecular weight excluding hydrogens is 348 g/mol. The molecule has 0 saturated heterocycles. The Kier molecular flexibility index (Phi) is 5.95. The Hall–Kier alpha value is -3.22. The first-order chi connectivity index (χ1) is 12.6. The van der Waals surface area contributed by atoms with Gasteiger partial charge in [0.1, 0.15) is 0 Å². The van der Waals surface area contributed by atoms with Crippen LogP contribution in [0.1, 0.15) is 42.3 Å². The molecule has 0 radical (unpaired) electrons. The number of ether oxygens (including phenoxy) is 1. The number of rotatable bonds is 5. The molecule has 0 aromatic heterocycles. The van der Waals surface area contributed by atoms with E-state index in [9.17, 15) is 19.7 Å². The Labute approximate surface area is 157 Å². The van der Waals surface area contributed by atoms with Crippen LogP contribution >= 0.6 is 0 Å². The monoisotopic (exact) mass is 370 g/mol. The maximum absolute atomic E-state index is 12.2. The van der Waals surface area contributed by atoms with E-state index >= 15 is 0 Å². The van der Waals surface area contributed by atoms with Gasteiger partial charge in [-0.1, -0.05) is 45.0 Å². The molecule has 0 spiro atoms. The predicted molar refractivity (Wildman–Crippen MR) is 102 cm³/mol. The average Bonchev–Trinajstić information content (AvgIpc) is 2.59. The van der Waals surface area contributed by atoms with Crippen LogP contribution < -0.4 is 5.32 Å². The molecule has 2 rings (SSSR count). The molecule has 0 fully saturated rings. The molecule has 0 heterocycles. The normalized spacial score (nSPS) is 11.0. The lowest BCUT2D eigenvalue weighted by atomic mass is 9.86. The van der Waals surface area contributed by atoms with Crippen molar-refractivity contribution < 1.29 is 19.2 Å². The van der Waals surface area contributed by atoms with E-state index in [1.807, 2.05) is 39.0 Å². The standard InChI is InChI=1S/C20H22N2O5/c1-13-14(8-7-11-17(13)22(25)26)19(24)27-12-18(23)21-16-10-6-5-9-15(16)20(2,3)4/h5-11H,12H2,1-4H3,(H,21,23). The molecule has 7 heteroatoms. The van der Waals surface area contributed by atoms with Gasteiger partial charge >= 0.3 is 5.97 Å². The molecule has 0 atom stereocenters. The Morgan fingerprint density at radius 1 is 1.11 bits per heavy atom. The minimum atomic E-state index is -0.782. The summed E-state index contributed by atoms with van der Waals surface area (Å²) in [6.07, 6.45) is 0. The molecule has 0 aliphatic heterocycles. The average molecular weight is 370 g/mol. The maximum atomic E-state index is 12.2. The first-order valence-corrected chi connectivity index (χ1v) is 8.41. The van der Waals surface area contributed by atoms with Crippen molar-refractivity contribution in [3.63, 3.8) is 0 Å². The lowest BCUT2D eigenvalue weighted by Crippen LogP contribution is -2.23. The largest absolute Gasteiger partial charge is 0.452 e. The van der Waals surface area contributed by atoms with Gasteiger partial charge < -0.3 is 10.1 Å². The van der Waals surface area contributed by atoms with Crippen LogP contribution in [0, 0.1) is 17.0 Å². The van der Waals surface area contributed by atoms with E-state index in [0.29, 0.717) is 5.69 Å². The Morgan fingerprint density at radius 2 is 1.78 bits per heavy atom. The third-order valence-corrected chi connectivity index (χ3v) is 4.07. The number of esters is 1. The van der Waals surface area contributed by atoms with Crippen molar-refractivity contribution in [1.82, 2.24) is 0 Å². The highest BCUT2D eigenvalue weighted by Crippen LogP contribution is 2.29. The summed E-state index contributed by atoms with van der Waals surface area (Å²) in [7, 11) is 0. The number of nitro groups is 1. The number of anilines is 1. The molecule has 1 N–H and O–H groups in total.